The quantitative estimate of drug-likeness (QED) is 0.288. The van der Waals surface area contributed by atoms with Gasteiger partial charge in [0.15, 0.2) is 0 Å². The molecule has 1 unspecified atom stereocenters. The lowest BCUT2D eigenvalue weighted by Crippen LogP contribution is -2.27. The Morgan fingerprint density at radius 1 is 1.24 bits per heavy atom. The number of carbonyl (C=O) groups is 1. The van der Waals surface area contributed by atoms with Crippen molar-refractivity contribution in [3.05, 3.63) is 52.7 Å². The summed E-state index contributed by atoms with van der Waals surface area (Å²) >= 11 is -2.16. The molecular formula is C24H31N3O5S. The van der Waals surface area contributed by atoms with Crippen molar-refractivity contribution in [2.24, 2.45) is 0 Å². The van der Waals surface area contributed by atoms with Gasteiger partial charge >= 0.3 is 0 Å². The molecule has 1 aromatic carbocycles. The Hall–Kier alpha value is -2.59. The lowest BCUT2D eigenvalue weighted by molar-refractivity contribution is 0.0964. The van der Waals surface area contributed by atoms with Crippen molar-refractivity contribution in [3.63, 3.8) is 0 Å². The number of aromatic nitrogens is 1. The molecule has 9 heteroatoms. The Bertz CT molecular complexity index is 1130. The van der Waals surface area contributed by atoms with Gasteiger partial charge in [-0.05, 0) is 31.4 Å². The zero-order chi connectivity index (χ0) is 24.0. The van der Waals surface area contributed by atoms with Crippen molar-refractivity contribution in [1.29, 1.82) is 0 Å². The molecule has 33 heavy (non-hydrogen) atoms. The van der Waals surface area contributed by atoms with Gasteiger partial charge in [-0.25, -0.2) is 9.19 Å². The largest absolute Gasteiger partial charge is 0.437 e. The minimum Gasteiger partial charge on any atom is -0.437 e. The van der Waals surface area contributed by atoms with Crippen LogP contribution < -0.4 is 5.32 Å². The molecule has 3 aromatic rings. The Kier molecular flexibility index (Phi) is 8.74. The van der Waals surface area contributed by atoms with E-state index in [0.717, 1.165) is 30.4 Å². The molecular weight excluding hydrogens is 442 g/mol. The fourth-order valence-corrected chi connectivity index (χ4v) is 4.27. The van der Waals surface area contributed by atoms with E-state index in [2.05, 4.69) is 17.2 Å². The molecule has 3 N–H and O–H groups in total. The number of benzene rings is 1. The minimum absolute atomic E-state index is 0.115. The molecule has 0 aliphatic heterocycles. The van der Waals surface area contributed by atoms with Crippen LogP contribution in [0.4, 0.5) is 0 Å². The molecule has 0 saturated heterocycles. The predicted octanol–water partition coefficient (Wildman–Crippen LogP) is 3.83. The highest BCUT2D eigenvalue weighted by molar-refractivity contribution is 7.76. The first-order valence-corrected chi connectivity index (χ1v) is 12.2. The average molecular weight is 474 g/mol. The molecule has 0 spiro atoms. The molecule has 0 radical (unpaired) electrons. The van der Waals surface area contributed by atoms with Gasteiger partial charge in [0.25, 0.3) is 5.91 Å². The van der Waals surface area contributed by atoms with Gasteiger partial charge in [-0.3, -0.25) is 9.35 Å². The molecule has 0 aliphatic rings. The number of rotatable bonds is 11. The molecule has 178 valence electrons. The third kappa shape index (κ3) is 5.86. The van der Waals surface area contributed by atoms with Crippen LogP contribution in [0, 0.1) is 6.92 Å². The second kappa shape index (κ2) is 11.5. The zero-order valence-electron chi connectivity index (χ0n) is 19.3. The predicted molar refractivity (Wildman–Crippen MR) is 129 cm³/mol. The van der Waals surface area contributed by atoms with Crippen LogP contribution in [0.25, 0.3) is 22.4 Å². The van der Waals surface area contributed by atoms with E-state index in [1.807, 2.05) is 31.2 Å². The first-order valence-electron chi connectivity index (χ1n) is 11.1. The van der Waals surface area contributed by atoms with Gasteiger partial charge < -0.3 is 14.8 Å². The van der Waals surface area contributed by atoms with Gasteiger partial charge in [-0.15, -0.1) is 0 Å². The van der Waals surface area contributed by atoms with E-state index in [9.17, 15) is 18.7 Å². The van der Waals surface area contributed by atoms with Gasteiger partial charge in [-0.2, -0.15) is 4.31 Å². The van der Waals surface area contributed by atoms with Crippen LogP contribution >= 0.6 is 0 Å². The summed E-state index contributed by atoms with van der Waals surface area (Å²) < 4.78 is 29.2. The summed E-state index contributed by atoms with van der Waals surface area (Å²) in [6, 6.07) is 9.46. The number of unbranched alkanes of at least 4 members (excludes halogenated alkanes) is 2. The number of furan rings is 1. The molecule has 1 atom stereocenters. The van der Waals surface area contributed by atoms with Crippen LogP contribution in [0.1, 0.15) is 53.4 Å². The number of carbonyl (C=O) groups excluding carboxylic acids is 1. The second-order valence-electron chi connectivity index (χ2n) is 7.97. The Morgan fingerprint density at radius 2 is 1.97 bits per heavy atom. The zero-order valence-corrected chi connectivity index (χ0v) is 20.1. The summed E-state index contributed by atoms with van der Waals surface area (Å²) in [5.41, 5.74) is 3.74. The number of hydrogen-bond acceptors (Lipinski definition) is 5. The molecule has 8 nitrogen and oxygen atoms in total. The minimum atomic E-state index is -2.16. The Morgan fingerprint density at radius 3 is 2.58 bits per heavy atom. The molecule has 0 bridgehead atoms. The second-order valence-corrected chi connectivity index (χ2v) is 8.95. The van der Waals surface area contributed by atoms with Crippen molar-refractivity contribution in [2.75, 3.05) is 20.2 Å². The summed E-state index contributed by atoms with van der Waals surface area (Å²) in [6.07, 6.45) is 3.05. The molecule has 0 aliphatic carbocycles. The number of aliphatic hydroxyl groups excluding tert-OH is 1. The molecule has 0 fully saturated rings. The summed E-state index contributed by atoms with van der Waals surface area (Å²) in [4.78, 5) is 17.4. The highest BCUT2D eigenvalue weighted by Gasteiger charge is 2.25. The maximum absolute atomic E-state index is 12.8. The van der Waals surface area contributed by atoms with Crippen LogP contribution in [0.5, 0.6) is 0 Å². The van der Waals surface area contributed by atoms with Crippen LogP contribution in [-0.2, 0) is 24.2 Å². The van der Waals surface area contributed by atoms with E-state index >= 15 is 0 Å². The number of fused-ring (bicyclic) bond motifs is 1. The number of hydrogen-bond donors (Lipinski definition) is 3. The van der Waals surface area contributed by atoms with Crippen molar-refractivity contribution in [3.8, 4) is 11.3 Å². The lowest BCUT2D eigenvalue weighted by Gasteiger charge is -2.18. The van der Waals surface area contributed by atoms with Gasteiger partial charge in [-0.1, -0.05) is 49.6 Å². The average Bonchev–Trinajstić information content (AvgIpc) is 3.16. The number of pyridine rings is 1. The smallest absolute Gasteiger partial charge is 0.255 e. The topological polar surface area (TPSA) is 116 Å². The van der Waals surface area contributed by atoms with Crippen LogP contribution in [0.15, 0.2) is 34.7 Å². The summed E-state index contributed by atoms with van der Waals surface area (Å²) in [7, 11) is 1.56. The number of nitrogens with zero attached hydrogens (tertiary/aromatic N) is 2. The van der Waals surface area contributed by atoms with Crippen LogP contribution in [-0.4, -0.2) is 49.3 Å². The van der Waals surface area contributed by atoms with Gasteiger partial charge in [0.05, 0.1) is 23.2 Å². The van der Waals surface area contributed by atoms with Gasteiger partial charge in [0, 0.05) is 25.8 Å². The third-order valence-corrected chi connectivity index (χ3v) is 6.31. The lowest BCUT2D eigenvalue weighted by atomic mass is 10.0. The first-order chi connectivity index (χ1) is 15.9. The monoisotopic (exact) mass is 473 g/mol. The van der Waals surface area contributed by atoms with E-state index in [0.29, 0.717) is 40.9 Å². The first kappa shape index (κ1) is 25.0. The van der Waals surface area contributed by atoms with E-state index in [4.69, 9.17) is 4.42 Å². The molecule has 2 aromatic heterocycles. The number of amides is 1. The van der Waals surface area contributed by atoms with Crippen molar-refractivity contribution in [2.45, 2.75) is 46.1 Å². The van der Waals surface area contributed by atoms with Gasteiger partial charge in [0.1, 0.15) is 5.76 Å². The van der Waals surface area contributed by atoms with Gasteiger partial charge in [0.2, 0.25) is 17.0 Å². The van der Waals surface area contributed by atoms with Crippen molar-refractivity contribution in [1.82, 2.24) is 14.6 Å². The van der Waals surface area contributed by atoms with Crippen molar-refractivity contribution < 1.29 is 23.1 Å². The SMILES string of the molecule is CCCCCN(Cc1nc2oc(-c3ccc(C)cc3)c(C(=O)NC)c2cc1CCO)S(=O)O. The summed E-state index contributed by atoms with van der Waals surface area (Å²) in [5.74, 6) is 0.112. The van der Waals surface area contributed by atoms with E-state index < -0.39 is 11.3 Å². The standard InChI is InChI=1S/C24H31N3O5S/c1-4-5-6-12-27(33(30)31)15-20-18(11-13-28)14-19-21(23(29)25-3)22(32-24(19)26-20)17-9-7-16(2)8-10-17/h7-10,14,28H,4-6,11-13,15H2,1-3H3,(H,25,29)(H,30,31). The van der Waals surface area contributed by atoms with Crippen LogP contribution in [0.3, 0.4) is 0 Å². The number of aliphatic hydroxyl groups is 1. The van der Waals surface area contributed by atoms with E-state index in [1.165, 1.54) is 4.31 Å². The molecule has 1 amide bonds. The molecule has 2 heterocycles. The number of aryl methyl sites for hydroxylation is 1. The highest BCUT2D eigenvalue weighted by atomic mass is 32.2. The molecule has 0 saturated carbocycles. The third-order valence-electron chi connectivity index (χ3n) is 5.56. The summed E-state index contributed by atoms with van der Waals surface area (Å²) in [5, 5.41) is 12.8. The molecule has 3 rings (SSSR count). The Labute approximate surface area is 196 Å². The van der Waals surface area contributed by atoms with Crippen LogP contribution in [0.2, 0.25) is 0 Å². The van der Waals surface area contributed by atoms with E-state index in [-0.39, 0.29) is 24.8 Å². The maximum atomic E-state index is 12.8. The van der Waals surface area contributed by atoms with E-state index in [1.54, 1.807) is 13.1 Å². The maximum Gasteiger partial charge on any atom is 0.255 e. The summed E-state index contributed by atoms with van der Waals surface area (Å²) in [6.45, 7) is 4.52. The highest BCUT2D eigenvalue weighted by Crippen LogP contribution is 2.34. The fraction of sp³-hybridized carbons (Fsp3) is 0.417. The Balaban J connectivity index is 2.12. The fourth-order valence-electron chi connectivity index (χ4n) is 3.75. The number of nitrogens with one attached hydrogen (secondary N) is 1. The van der Waals surface area contributed by atoms with Crippen molar-refractivity contribution >= 4 is 28.3 Å². The normalized spacial score (nSPS) is 12.4.